The smallest absolute Gasteiger partial charge is 0.245 e. The molecule has 5 aromatic carbocycles. The lowest BCUT2D eigenvalue weighted by Gasteiger charge is -2.42. The Kier molecular flexibility index (Phi) is 5.64. The molecule has 0 atom stereocenters. The first-order valence-electron chi connectivity index (χ1n) is 15.6. The summed E-state index contributed by atoms with van der Waals surface area (Å²) in [6.45, 7) is 4.73. The normalized spacial score (nSPS) is 14.1. The van der Waals surface area contributed by atoms with Gasteiger partial charge in [0.15, 0.2) is 0 Å². The largest absolute Gasteiger partial charge is 0.310 e. The summed E-state index contributed by atoms with van der Waals surface area (Å²) in [4.78, 5) is 12.0. The summed E-state index contributed by atoms with van der Waals surface area (Å²) in [6, 6.07) is 48.7. The molecule has 9 rings (SSSR count). The average Bonchev–Trinajstić information content (AvgIpc) is 3.41. The first-order valence-corrected chi connectivity index (χ1v) is 15.6. The SMILES string of the molecule is CC1(C)c2ccccc2N(c2cc(B3c4ccccc4-c4nc5ccccc5cc43)cc(-c3ccncc3)c2)c2ccccc21. The van der Waals surface area contributed by atoms with Crippen molar-refractivity contribution < 1.29 is 0 Å². The molecule has 4 heterocycles. The van der Waals surface area contributed by atoms with Crippen LogP contribution in [-0.4, -0.2) is 16.7 Å². The summed E-state index contributed by atoms with van der Waals surface area (Å²) in [5.74, 6) is 0. The maximum atomic E-state index is 5.22. The Morgan fingerprint density at radius 2 is 1.27 bits per heavy atom. The lowest BCUT2D eigenvalue weighted by molar-refractivity contribution is 0.632. The molecule has 2 aromatic heterocycles. The van der Waals surface area contributed by atoms with Crippen molar-refractivity contribution in [2.45, 2.75) is 19.3 Å². The van der Waals surface area contributed by atoms with Gasteiger partial charge in [0.1, 0.15) is 0 Å². The Morgan fingerprint density at radius 1 is 0.600 bits per heavy atom. The van der Waals surface area contributed by atoms with E-state index in [-0.39, 0.29) is 12.1 Å². The number of anilines is 3. The van der Waals surface area contributed by atoms with Crippen LogP contribution in [0.15, 0.2) is 146 Å². The van der Waals surface area contributed by atoms with Gasteiger partial charge in [-0.2, -0.15) is 0 Å². The minimum atomic E-state index is -0.120. The molecule has 2 aliphatic rings. The summed E-state index contributed by atoms with van der Waals surface area (Å²) in [5, 5.41) is 1.17. The van der Waals surface area contributed by atoms with Crippen molar-refractivity contribution in [3.8, 4) is 22.4 Å². The van der Waals surface area contributed by atoms with Crippen LogP contribution in [0.5, 0.6) is 0 Å². The highest BCUT2D eigenvalue weighted by molar-refractivity contribution is 6.99. The van der Waals surface area contributed by atoms with Crippen LogP contribution >= 0.6 is 0 Å². The quantitative estimate of drug-likeness (QED) is 0.201. The second-order valence-electron chi connectivity index (χ2n) is 12.7. The number of nitrogens with zero attached hydrogens (tertiary/aromatic N) is 3. The molecule has 0 aliphatic carbocycles. The van der Waals surface area contributed by atoms with Crippen LogP contribution in [0.25, 0.3) is 33.3 Å². The minimum Gasteiger partial charge on any atom is -0.310 e. The highest BCUT2D eigenvalue weighted by Crippen LogP contribution is 2.51. The fraction of sp³-hybridized carbons (Fsp3) is 0.0732. The van der Waals surface area contributed by atoms with E-state index in [2.05, 4.69) is 157 Å². The topological polar surface area (TPSA) is 29.0 Å². The van der Waals surface area contributed by atoms with Gasteiger partial charge in [-0.15, -0.1) is 0 Å². The Labute approximate surface area is 264 Å². The van der Waals surface area contributed by atoms with Gasteiger partial charge in [-0.25, -0.2) is 4.98 Å². The Balaban J connectivity index is 1.33. The van der Waals surface area contributed by atoms with Gasteiger partial charge in [0, 0.05) is 23.5 Å². The number of rotatable bonds is 3. The second-order valence-corrected chi connectivity index (χ2v) is 12.7. The van der Waals surface area contributed by atoms with Crippen LogP contribution in [0.3, 0.4) is 0 Å². The number of fused-ring (bicyclic) bond motifs is 6. The molecule has 212 valence electrons. The zero-order valence-electron chi connectivity index (χ0n) is 25.3. The second kappa shape index (κ2) is 9.77. The summed E-state index contributed by atoms with van der Waals surface area (Å²) in [7, 11) is 0. The number of para-hydroxylation sites is 3. The molecule has 0 bridgehead atoms. The van der Waals surface area contributed by atoms with Crippen molar-refractivity contribution in [2.24, 2.45) is 0 Å². The van der Waals surface area contributed by atoms with Gasteiger partial charge in [-0.05, 0) is 81.1 Å². The van der Waals surface area contributed by atoms with E-state index in [9.17, 15) is 0 Å². The van der Waals surface area contributed by atoms with Crippen molar-refractivity contribution in [3.05, 3.63) is 157 Å². The Hall–Kier alpha value is -5.48. The van der Waals surface area contributed by atoms with E-state index >= 15 is 0 Å². The molecule has 4 heteroatoms. The number of aromatic nitrogens is 2. The van der Waals surface area contributed by atoms with Crippen molar-refractivity contribution in [1.82, 2.24) is 9.97 Å². The van der Waals surface area contributed by atoms with E-state index in [0.29, 0.717) is 0 Å². The predicted octanol–water partition coefficient (Wildman–Crippen LogP) is 7.90. The van der Waals surface area contributed by atoms with Gasteiger partial charge < -0.3 is 4.90 Å². The molecular formula is C41H30BN3. The molecule has 3 nitrogen and oxygen atoms in total. The molecular weight excluding hydrogens is 545 g/mol. The molecule has 0 saturated heterocycles. The van der Waals surface area contributed by atoms with Crippen molar-refractivity contribution >= 4 is 51.1 Å². The van der Waals surface area contributed by atoms with Crippen LogP contribution in [0.1, 0.15) is 25.0 Å². The van der Waals surface area contributed by atoms with E-state index in [1.165, 1.54) is 55.4 Å². The molecule has 7 aromatic rings. The van der Waals surface area contributed by atoms with E-state index in [1.54, 1.807) is 0 Å². The maximum Gasteiger partial charge on any atom is 0.245 e. The summed E-state index contributed by atoms with van der Waals surface area (Å²) >= 11 is 0. The van der Waals surface area contributed by atoms with E-state index < -0.39 is 0 Å². The number of hydrogen-bond acceptors (Lipinski definition) is 3. The van der Waals surface area contributed by atoms with Gasteiger partial charge >= 0.3 is 0 Å². The van der Waals surface area contributed by atoms with Crippen LogP contribution < -0.4 is 21.3 Å². The van der Waals surface area contributed by atoms with Gasteiger partial charge in [-0.1, -0.05) is 116 Å². The molecule has 0 unspecified atom stereocenters. The summed E-state index contributed by atoms with van der Waals surface area (Å²) in [6.07, 6.45) is 3.76. The van der Waals surface area contributed by atoms with Gasteiger partial charge in [0.25, 0.3) is 0 Å². The molecule has 2 aliphatic heterocycles. The number of hydrogen-bond donors (Lipinski definition) is 0. The lowest BCUT2D eigenvalue weighted by Crippen LogP contribution is -2.49. The van der Waals surface area contributed by atoms with Gasteiger partial charge in [0.2, 0.25) is 6.71 Å². The third-order valence-electron chi connectivity index (χ3n) is 9.77. The van der Waals surface area contributed by atoms with Crippen molar-refractivity contribution in [2.75, 3.05) is 4.90 Å². The number of benzene rings is 5. The summed E-state index contributed by atoms with van der Waals surface area (Å²) in [5.41, 5.74) is 15.6. The van der Waals surface area contributed by atoms with Crippen LogP contribution in [0.2, 0.25) is 0 Å². The molecule has 0 saturated carbocycles. The molecule has 0 spiro atoms. The van der Waals surface area contributed by atoms with E-state index in [1.807, 2.05) is 12.4 Å². The third-order valence-corrected chi connectivity index (χ3v) is 9.77. The first kappa shape index (κ1) is 26.0. The minimum absolute atomic E-state index is 0.0561. The highest BCUT2D eigenvalue weighted by atomic mass is 15.2. The molecule has 0 amide bonds. The van der Waals surface area contributed by atoms with Crippen molar-refractivity contribution in [1.29, 1.82) is 0 Å². The van der Waals surface area contributed by atoms with E-state index in [0.717, 1.165) is 22.5 Å². The van der Waals surface area contributed by atoms with Gasteiger partial charge in [0.05, 0.1) is 22.6 Å². The fourth-order valence-electron chi connectivity index (χ4n) is 7.65. The van der Waals surface area contributed by atoms with E-state index in [4.69, 9.17) is 4.98 Å². The van der Waals surface area contributed by atoms with Crippen molar-refractivity contribution in [3.63, 3.8) is 0 Å². The predicted molar refractivity (Wildman–Crippen MR) is 188 cm³/mol. The zero-order valence-corrected chi connectivity index (χ0v) is 25.3. The molecule has 0 fully saturated rings. The first-order chi connectivity index (χ1) is 22.1. The highest BCUT2D eigenvalue weighted by Gasteiger charge is 2.38. The molecule has 45 heavy (non-hydrogen) atoms. The monoisotopic (exact) mass is 575 g/mol. The lowest BCUT2D eigenvalue weighted by atomic mass is 9.39. The standard InChI is InChI=1S/C41H30BN3/c1-41(2)33-13-5-9-17-38(33)45(39-18-10-6-14-34(39)41)31-24-29(27-19-21-43-22-20-27)23-30(26-31)42-35-15-7-4-12-32(35)40-36(42)25-28-11-3-8-16-37(28)44-40/h3-26H,1-2H3. The van der Waals surface area contributed by atoms with Crippen LogP contribution in [0, 0.1) is 0 Å². The van der Waals surface area contributed by atoms with Crippen LogP contribution in [0.4, 0.5) is 17.1 Å². The fourth-order valence-corrected chi connectivity index (χ4v) is 7.65. The molecule has 0 N–H and O–H groups in total. The third kappa shape index (κ3) is 3.92. The Morgan fingerprint density at radius 3 is 2.04 bits per heavy atom. The maximum absolute atomic E-state index is 5.22. The molecule has 0 radical (unpaired) electrons. The average molecular weight is 576 g/mol. The van der Waals surface area contributed by atoms with Crippen LogP contribution in [-0.2, 0) is 5.41 Å². The van der Waals surface area contributed by atoms with Gasteiger partial charge in [-0.3, -0.25) is 4.98 Å². The summed E-state index contributed by atoms with van der Waals surface area (Å²) < 4.78 is 0. The number of pyridine rings is 2. The zero-order chi connectivity index (χ0) is 30.1. The Bertz CT molecular complexity index is 2220.